The molecule has 0 atom stereocenters. The Hall–Kier alpha value is -2.36. The van der Waals surface area contributed by atoms with Gasteiger partial charge in [-0.1, -0.05) is 37.3 Å². The van der Waals surface area contributed by atoms with Crippen LogP contribution in [0.3, 0.4) is 0 Å². The maximum Gasteiger partial charge on any atom is 0.161 e. The molecule has 0 bridgehead atoms. The summed E-state index contributed by atoms with van der Waals surface area (Å²) in [7, 11) is 0. The van der Waals surface area contributed by atoms with Crippen molar-refractivity contribution in [1.29, 1.82) is 0 Å². The van der Waals surface area contributed by atoms with Crippen LogP contribution in [-0.2, 0) is 0 Å². The molecule has 1 fully saturated rings. The number of nitrogens with zero attached hydrogens (tertiary/aromatic N) is 4. The largest absolute Gasteiger partial charge is 0.356 e. The second-order valence-electron chi connectivity index (χ2n) is 7.00. The average Bonchev–Trinajstić information content (AvgIpc) is 2.93. The van der Waals surface area contributed by atoms with Crippen molar-refractivity contribution in [2.24, 2.45) is 5.92 Å². The van der Waals surface area contributed by atoms with Crippen molar-refractivity contribution in [2.75, 3.05) is 18.0 Å². The van der Waals surface area contributed by atoms with E-state index in [4.69, 9.17) is 10.1 Å². The molecule has 4 nitrogen and oxygen atoms in total. The molecule has 1 saturated heterocycles. The molecule has 1 aromatic carbocycles. The van der Waals surface area contributed by atoms with E-state index in [-0.39, 0.29) is 0 Å². The normalized spacial score (nSPS) is 16.0. The predicted molar refractivity (Wildman–Crippen MR) is 98.5 cm³/mol. The van der Waals surface area contributed by atoms with Gasteiger partial charge in [-0.25, -0.2) is 4.98 Å². The first-order valence-electron chi connectivity index (χ1n) is 8.81. The number of anilines is 1. The van der Waals surface area contributed by atoms with E-state index < -0.39 is 0 Å². The van der Waals surface area contributed by atoms with Crippen LogP contribution in [0.15, 0.2) is 36.4 Å². The van der Waals surface area contributed by atoms with E-state index in [2.05, 4.69) is 56.0 Å². The molecular formula is C20H24N4. The topological polar surface area (TPSA) is 33.4 Å². The van der Waals surface area contributed by atoms with Crippen LogP contribution >= 0.6 is 0 Å². The summed E-state index contributed by atoms with van der Waals surface area (Å²) >= 11 is 0. The van der Waals surface area contributed by atoms with Crippen molar-refractivity contribution in [2.45, 2.75) is 33.6 Å². The average molecular weight is 320 g/mol. The lowest BCUT2D eigenvalue weighted by Crippen LogP contribution is -2.34. The molecule has 0 amide bonds. The van der Waals surface area contributed by atoms with Crippen LogP contribution in [0.25, 0.3) is 16.9 Å². The molecule has 124 valence electrons. The lowest BCUT2D eigenvalue weighted by molar-refractivity contribution is 0.435. The highest BCUT2D eigenvalue weighted by molar-refractivity contribution is 5.71. The molecule has 0 unspecified atom stereocenters. The van der Waals surface area contributed by atoms with Crippen LogP contribution in [0.2, 0.25) is 0 Å². The molecule has 2 aromatic heterocycles. The van der Waals surface area contributed by atoms with Gasteiger partial charge in [-0.3, -0.25) is 0 Å². The minimum atomic E-state index is 0.818. The van der Waals surface area contributed by atoms with E-state index in [1.807, 2.05) is 10.6 Å². The Balaban J connectivity index is 1.86. The van der Waals surface area contributed by atoms with Crippen LogP contribution in [0.5, 0.6) is 0 Å². The first kappa shape index (κ1) is 15.2. The van der Waals surface area contributed by atoms with E-state index >= 15 is 0 Å². The van der Waals surface area contributed by atoms with Gasteiger partial charge in [0.05, 0.1) is 5.69 Å². The summed E-state index contributed by atoms with van der Waals surface area (Å²) in [5.74, 6) is 1.99. The number of fused-ring (bicyclic) bond motifs is 1. The summed E-state index contributed by atoms with van der Waals surface area (Å²) in [6, 6.07) is 12.6. The third-order valence-corrected chi connectivity index (χ3v) is 5.08. The summed E-state index contributed by atoms with van der Waals surface area (Å²) < 4.78 is 2.04. The highest BCUT2D eigenvalue weighted by Gasteiger charge is 2.21. The zero-order chi connectivity index (χ0) is 16.7. The minimum absolute atomic E-state index is 0.818. The zero-order valence-electron chi connectivity index (χ0n) is 14.7. The fourth-order valence-corrected chi connectivity index (χ4v) is 3.56. The van der Waals surface area contributed by atoms with Gasteiger partial charge in [0.25, 0.3) is 0 Å². The van der Waals surface area contributed by atoms with Crippen molar-refractivity contribution < 1.29 is 0 Å². The summed E-state index contributed by atoms with van der Waals surface area (Å²) in [6.45, 7) is 8.73. The van der Waals surface area contributed by atoms with E-state index in [1.165, 1.54) is 18.7 Å². The Morgan fingerprint density at radius 3 is 2.46 bits per heavy atom. The molecule has 3 heterocycles. The van der Waals surface area contributed by atoms with Gasteiger partial charge in [0.2, 0.25) is 0 Å². The molecular weight excluding hydrogens is 296 g/mol. The van der Waals surface area contributed by atoms with Gasteiger partial charge in [0, 0.05) is 36.0 Å². The SMILES string of the molecule is Cc1cc(N2CCC(C)CC2)n2nc(-c3ccccc3)c(C)c2n1. The maximum absolute atomic E-state index is 4.93. The predicted octanol–water partition coefficient (Wildman–Crippen LogP) is 4.25. The van der Waals surface area contributed by atoms with E-state index in [0.29, 0.717) is 0 Å². The summed E-state index contributed by atoms with van der Waals surface area (Å²) in [6.07, 6.45) is 2.49. The van der Waals surface area contributed by atoms with Gasteiger partial charge >= 0.3 is 0 Å². The molecule has 4 rings (SSSR count). The second-order valence-corrected chi connectivity index (χ2v) is 7.00. The van der Waals surface area contributed by atoms with Gasteiger partial charge in [-0.05, 0) is 32.6 Å². The van der Waals surface area contributed by atoms with Gasteiger partial charge in [0.1, 0.15) is 5.82 Å². The monoisotopic (exact) mass is 320 g/mol. The number of aromatic nitrogens is 3. The quantitative estimate of drug-likeness (QED) is 0.708. The number of rotatable bonds is 2. The van der Waals surface area contributed by atoms with E-state index in [1.54, 1.807) is 0 Å². The smallest absolute Gasteiger partial charge is 0.161 e. The van der Waals surface area contributed by atoms with Crippen molar-refractivity contribution in [3.8, 4) is 11.3 Å². The molecule has 4 heteroatoms. The molecule has 0 radical (unpaired) electrons. The standard InChI is InChI=1S/C20H24N4/c1-14-9-11-23(12-10-14)18-13-15(2)21-20-16(3)19(22-24(18)20)17-7-5-4-6-8-17/h4-8,13-14H,9-12H2,1-3H3. The number of aryl methyl sites for hydroxylation is 2. The van der Waals surface area contributed by atoms with Crippen LogP contribution < -0.4 is 4.90 Å². The minimum Gasteiger partial charge on any atom is -0.356 e. The second kappa shape index (κ2) is 5.93. The number of piperidine rings is 1. The van der Waals surface area contributed by atoms with E-state index in [0.717, 1.165) is 47.2 Å². The third kappa shape index (κ3) is 2.56. The Bertz CT molecular complexity index is 858. The highest BCUT2D eigenvalue weighted by atomic mass is 15.4. The van der Waals surface area contributed by atoms with Gasteiger partial charge < -0.3 is 4.90 Å². The molecule has 3 aromatic rings. The Labute approximate surface area is 143 Å². The molecule has 0 N–H and O–H groups in total. The van der Waals surface area contributed by atoms with Crippen molar-refractivity contribution >= 4 is 11.5 Å². The lowest BCUT2D eigenvalue weighted by Gasteiger charge is -2.32. The molecule has 1 aliphatic rings. The van der Waals surface area contributed by atoms with Gasteiger partial charge in [-0.2, -0.15) is 9.61 Å². The van der Waals surface area contributed by atoms with E-state index in [9.17, 15) is 0 Å². The number of hydrogen-bond donors (Lipinski definition) is 0. The first-order valence-corrected chi connectivity index (χ1v) is 8.81. The number of benzene rings is 1. The molecule has 24 heavy (non-hydrogen) atoms. The highest BCUT2D eigenvalue weighted by Crippen LogP contribution is 2.29. The van der Waals surface area contributed by atoms with Crippen LogP contribution in [0.1, 0.15) is 31.0 Å². The summed E-state index contributed by atoms with van der Waals surface area (Å²) in [5, 5.41) is 4.93. The van der Waals surface area contributed by atoms with Crippen LogP contribution in [0, 0.1) is 19.8 Å². The zero-order valence-corrected chi connectivity index (χ0v) is 14.7. The first-order chi connectivity index (χ1) is 11.6. The molecule has 1 aliphatic heterocycles. The van der Waals surface area contributed by atoms with Crippen LogP contribution in [-0.4, -0.2) is 27.7 Å². The van der Waals surface area contributed by atoms with Crippen molar-refractivity contribution in [1.82, 2.24) is 14.6 Å². The number of hydrogen-bond acceptors (Lipinski definition) is 3. The molecule has 0 spiro atoms. The molecule has 0 saturated carbocycles. The Kier molecular flexibility index (Phi) is 3.75. The van der Waals surface area contributed by atoms with Crippen molar-refractivity contribution in [3.05, 3.63) is 47.7 Å². The van der Waals surface area contributed by atoms with Crippen LogP contribution in [0.4, 0.5) is 5.82 Å². The Morgan fingerprint density at radius 2 is 1.75 bits per heavy atom. The maximum atomic E-state index is 4.93. The fraction of sp³-hybridized carbons (Fsp3) is 0.400. The third-order valence-electron chi connectivity index (χ3n) is 5.08. The van der Waals surface area contributed by atoms with Gasteiger partial charge in [-0.15, -0.1) is 0 Å². The van der Waals surface area contributed by atoms with Crippen molar-refractivity contribution in [3.63, 3.8) is 0 Å². The summed E-state index contributed by atoms with van der Waals surface area (Å²) in [5.41, 5.74) is 5.36. The van der Waals surface area contributed by atoms with Gasteiger partial charge in [0.15, 0.2) is 5.65 Å². The Morgan fingerprint density at radius 1 is 1.04 bits per heavy atom. The summed E-state index contributed by atoms with van der Waals surface area (Å²) in [4.78, 5) is 7.23. The fourth-order valence-electron chi connectivity index (χ4n) is 3.56. The lowest BCUT2D eigenvalue weighted by atomic mass is 9.99. The molecule has 0 aliphatic carbocycles.